The molecule has 7 heterocycles. The molecule has 6 saturated heterocycles. The van der Waals surface area contributed by atoms with Crippen LogP contribution >= 0.6 is 0 Å². The Morgan fingerprint density at radius 3 is 2.19 bits per heavy atom. The van der Waals surface area contributed by atoms with Gasteiger partial charge < -0.3 is 20.2 Å². The maximum absolute atomic E-state index is 13.2. The van der Waals surface area contributed by atoms with Crippen LogP contribution in [0.4, 0.5) is 0 Å². The van der Waals surface area contributed by atoms with Gasteiger partial charge in [-0.3, -0.25) is 10.1 Å². The summed E-state index contributed by atoms with van der Waals surface area (Å²) in [4.78, 5) is 18.1. The predicted molar refractivity (Wildman–Crippen MR) is 117 cm³/mol. The standard InChI is InChI=1S/C23H32N6O2/c30-22(24-18-13-27-9-5-15(18)6-10-27)21-17-3-1-2-4-20(17)29(26-21)23(31)25-19-14-28-11-7-16(19)8-12-28/h1-4,15-16,18-19,23,25,31H,5-14H2,(H,24,30)/t18-,19-,23?/m1/s1. The first kappa shape index (κ1) is 19.7. The molecule has 6 aliphatic rings. The Labute approximate surface area is 182 Å². The number of aliphatic hydroxyl groups is 1. The zero-order valence-corrected chi connectivity index (χ0v) is 17.9. The van der Waals surface area contributed by atoms with Crippen molar-refractivity contribution in [2.45, 2.75) is 44.1 Å². The van der Waals surface area contributed by atoms with Crippen molar-refractivity contribution in [3.05, 3.63) is 30.0 Å². The fourth-order valence-corrected chi connectivity index (χ4v) is 6.22. The third-order valence-electron chi connectivity index (χ3n) is 8.05. The van der Waals surface area contributed by atoms with E-state index in [9.17, 15) is 9.90 Å². The van der Waals surface area contributed by atoms with Gasteiger partial charge in [-0.2, -0.15) is 5.10 Å². The number of amides is 1. The summed E-state index contributed by atoms with van der Waals surface area (Å²) in [6.45, 7) is 6.51. The Hall–Kier alpha value is -2.00. The van der Waals surface area contributed by atoms with Crippen LogP contribution in [0.25, 0.3) is 10.9 Å². The van der Waals surface area contributed by atoms with Crippen molar-refractivity contribution in [3.8, 4) is 0 Å². The number of aliphatic hydroxyl groups excluding tert-OH is 1. The monoisotopic (exact) mass is 424 g/mol. The molecule has 1 aromatic carbocycles. The Bertz CT molecular complexity index is 960. The summed E-state index contributed by atoms with van der Waals surface area (Å²) in [5.41, 5.74) is 1.18. The number of piperidine rings is 6. The molecule has 4 bridgehead atoms. The number of nitrogens with one attached hydrogen (secondary N) is 2. The van der Waals surface area contributed by atoms with Gasteiger partial charge in [0.2, 0.25) is 6.35 Å². The van der Waals surface area contributed by atoms with Crippen LogP contribution in [0.15, 0.2) is 24.3 Å². The minimum absolute atomic E-state index is 0.135. The Morgan fingerprint density at radius 2 is 1.58 bits per heavy atom. The molecular formula is C23H32N6O2. The van der Waals surface area contributed by atoms with Crippen LogP contribution in [0, 0.1) is 11.8 Å². The third kappa shape index (κ3) is 3.55. The molecule has 166 valence electrons. The van der Waals surface area contributed by atoms with E-state index in [-0.39, 0.29) is 18.0 Å². The number of fused-ring (bicyclic) bond motifs is 7. The van der Waals surface area contributed by atoms with Crippen molar-refractivity contribution < 1.29 is 9.90 Å². The highest BCUT2D eigenvalue weighted by molar-refractivity contribution is 6.05. The SMILES string of the molecule is O=C(N[C@@H]1CN2CCC1CC2)c1nn(C(O)N[C@@H]2CN3CCC2CC3)c2ccccc12. The largest absolute Gasteiger partial charge is 0.359 e. The third-order valence-corrected chi connectivity index (χ3v) is 8.05. The first-order chi connectivity index (χ1) is 15.2. The molecule has 3 N–H and O–H groups in total. The Kier molecular flexibility index (Phi) is 4.98. The summed E-state index contributed by atoms with van der Waals surface area (Å²) in [5, 5.41) is 23.1. The summed E-state index contributed by atoms with van der Waals surface area (Å²) in [6, 6.07) is 8.14. The zero-order valence-electron chi connectivity index (χ0n) is 17.9. The van der Waals surface area contributed by atoms with E-state index >= 15 is 0 Å². The minimum atomic E-state index is -0.950. The number of hydrogen-bond acceptors (Lipinski definition) is 6. The number of benzene rings is 1. The highest BCUT2D eigenvalue weighted by atomic mass is 16.3. The molecule has 6 aliphatic heterocycles. The maximum atomic E-state index is 13.2. The molecule has 0 spiro atoms. The average molecular weight is 425 g/mol. The molecular weight excluding hydrogens is 392 g/mol. The molecule has 1 aromatic heterocycles. The number of carbonyl (C=O) groups excluding carboxylic acids is 1. The minimum Gasteiger partial charge on any atom is -0.359 e. The van der Waals surface area contributed by atoms with E-state index in [0.29, 0.717) is 17.5 Å². The first-order valence-electron chi connectivity index (χ1n) is 11.8. The number of carbonyl (C=O) groups is 1. The average Bonchev–Trinajstić information content (AvgIpc) is 3.21. The van der Waals surface area contributed by atoms with Crippen molar-refractivity contribution in [1.29, 1.82) is 0 Å². The van der Waals surface area contributed by atoms with E-state index in [4.69, 9.17) is 0 Å². The van der Waals surface area contributed by atoms with Gasteiger partial charge in [-0.25, -0.2) is 4.68 Å². The molecule has 8 heteroatoms. The second kappa shape index (κ2) is 7.85. The molecule has 0 aliphatic carbocycles. The van der Waals surface area contributed by atoms with Gasteiger partial charge in [-0.15, -0.1) is 0 Å². The normalized spacial score (nSPS) is 35.4. The summed E-state index contributed by atoms with van der Waals surface area (Å²) < 4.78 is 1.58. The van der Waals surface area contributed by atoms with Crippen LogP contribution in [0.5, 0.6) is 0 Å². The van der Waals surface area contributed by atoms with Gasteiger partial charge in [0.05, 0.1) is 5.52 Å². The summed E-state index contributed by atoms with van der Waals surface area (Å²) in [7, 11) is 0. The quantitative estimate of drug-likeness (QED) is 0.621. The number of hydrogen-bond donors (Lipinski definition) is 3. The van der Waals surface area contributed by atoms with Crippen LogP contribution in [0.1, 0.15) is 42.5 Å². The van der Waals surface area contributed by atoms with E-state index in [1.165, 1.54) is 12.8 Å². The highest BCUT2D eigenvalue weighted by Gasteiger charge is 2.37. The van der Waals surface area contributed by atoms with E-state index in [1.54, 1.807) is 4.68 Å². The lowest BCUT2D eigenvalue weighted by Gasteiger charge is -2.45. The highest BCUT2D eigenvalue weighted by Crippen LogP contribution is 2.30. The van der Waals surface area contributed by atoms with Crippen molar-refractivity contribution >= 4 is 16.8 Å². The lowest BCUT2D eigenvalue weighted by Crippen LogP contribution is -2.57. The fraction of sp³-hybridized carbons (Fsp3) is 0.652. The smallest absolute Gasteiger partial charge is 0.272 e. The Balaban J connectivity index is 1.23. The van der Waals surface area contributed by atoms with E-state index in [2.05, 4.69) is 25.5 Å². The van der Waals surface area contributed by atoms with Gasteiger partial charge in [0, 0.05) is 30.6 Å². The molecule has 3 atom stereocenters. The number of rotatable bonds is 5. The lowest BCUT2D eigenvalue weighted by molar-refractivity contribution is -0.00329. The summed E-state index contributed by atoms with van der Waals surface area (Å²) in [5.74, 6) is 1.02. The molecule has 31 heavy (non-hydrogen) atoms. The molecule has 0 saturated carbocycles. The molecule has 8 nitrogen and oxygen atoms in total. The van der Waals surface area contributed by atoms with Crippen LogP contribution in [-0.2, 0) is 0 Å². The van der Waals surface area contributed by atoms with E-state index < -0.39 is 6.35 Å². The maximum Gasteiger partial charge on any atom is 0.272 e. The van der Waals surface area contributed by atoms with Crippen LogP contribution in [0.2, 0.25) is 0 Å². The molecule has 1 unspecified atom stereocenters. The van der Waals surface area contributed by atoms with Gasteiger partial charge in [0.15, 0.2) is 5.69 Å². The van der Waals surface area contributed by atoms with Gasteiger partial charge in [-0.1, -0.05) is 18.2 Å². The lowest BCUT2D eigenvalue weighted by atomic mass is 9.84. The van der Waals surface area contributed by atoms with Crippen molar-refractivity contribution in [2.75, 3.05) is 39.3 Å². The Morgan fingerprint density at radius 1 is 0.968 bits per heavy atom. The van der Waals surface area contributed by atoms with E-state index in [0.717, 1.165) is 63.0 Å². The van der Waals surface area contributed by atoms with Crippen molar-refractivity contribution in [3.63, 3.8) is 0 Å². The van der Waals surface area contributed by atoms with Crippen molar-refractivity contribution in [1.82, 2.24) is 30.2 Å². The second-order valence-corrected chi connectivity index (χ2v) is 9.81. The number of para-hydroxylation sites is 1. The molecule has 0 radical (unpaired) electrons. The molecule has 8 rings (SSSR count). The molecule has 2 aromatic rings. The number of nitrogens with zero attached hydrogens (tertiary/aromatic N) is 4. The topological polar surface area (TPSA) is 85.7 Å². The summed E-state index contributed by atoms with van der Waals surface area (Å²) in [6.07, 6.45) is 3.72. The predicted octanol–water partition coefficient (Wildman–Crippen LogP) is 0.993. The van der Waals surface area contributed by atoms with Crippen LogP contribution in [0.3, 0.4) is 0 Å². The van der Waals surface area contributed by atoms with Gasteiger partial charge in [0.25, 0.3) is 5.91 Å². The van der Waals surface area contributed by atoms with Gasteiger partial charge in [0.1, 0.15) is 0 Å². The molecule has 6 fully saturated rings. The van der Waals surface area contributed by atoms with Crippen LogP contribution < -0.4 is 10.6 Å². The second-order valence-electron chi connectivity index (χ2n) is 9.81. The number of aromatic nitrogens is 2. The first-order valence-corrected chi connectivity index (χ1v) is 11.8. The molecule has 1 amide bonds. The van der Waals surface area contributed by atoms with E-state index in [1.807, 2.05) is 24.3 Å². The van der Waals surface area contributed by atoms with Gasteiger partial charge >= 0.3 is 0 Å². The summed E-state index contributed by atoms with van der Waals surface area (Å²) >= 11 is 0. The fourth-order valence-electron chi connectivity index (χ4n) is 6.22. The van der Waals surface area contributed by atoms with Crippen LogP contribution in [-0.4, -0.2) is 81.9 Å². The zero-order chi connectivity index (χ0) is 20.9. The van der Waals surface area contributed by atoms with Gasteiger partial charge in [-0.05, 0) is 69.8 Å². The van der Waals surface area contributed by atoms with Crippen molar-refractivity contribution in [2.24, 2.45) is 11.8 Å².